The monoisotopic (exact) mass is 265 g/mol. The van der Waals surface area contributed by atoms with Gasteiger partial charge in [0.2, 0.25) is 0 Å². The lowest BCUT2D eigenvalue weighted by Gasteiger charge is -2.04. The highest BCUT2D eigenvalue weighted by Gasteiger charge is 2.23. The fourth-order valence-electron chi connectivity index (χ4n) is 1.80. The summed E-state index contributed by atoms with van der Waals surface area (Å²) in [5.74, 6) is 0.144. The molecule has 0 N–H and O–H groups in total. The van der Waals surface area contributed by atoms with Crippen LogP contribution in [0.4, 0.5) is 0 Å². The number of amides is 1. The minimum Gasteiger partial charge on any atom is -0.385 e. The van der Waals surface area contributed by atoms with E-state index in [0.717, 1.165) is 30.7 Å². The van der Waals surface area contributed by atoms with Crippen LogP contribution in [0.3, 0.4) is 0 Å². The number of ether oxygens (including phenoxy) is 1. The fraction of sp³-hybridized carbons (Fsp3) is 0.562. The van der Waals surface area contributed by atoms with Crippen LogP contribution in [0.1, 0.15) is 48.7 Å². The fourth-order valence-corrected chi connectivity index (χ4v) is 1.80. The molecular formula is C16H27NO2. The molecule has 2 rings (SSSR count). The molecular weight excluding hydrogens is 238 g/mol. The highest BCUT2D eigenvalue weighted by Crippen LogP contribution is 2.21. The van der Waals surface area contributed by atoms with Crippen molar-refractivity contribution in [3.63, 3.8) is 0 Å². The van der Waals surface area contributed by atoms with E-state index in [1.54, 1.807) is 12.0 Å². The minimum absolute atomic E-state index is 0.144. The maximum absolute atomic E-state index is 11.4. The van der Waals surface area contributed by atoms with Gasteiger partial charge in [0.15, 0.2) is 0 Å². The molecule has 0 saturated heterocycles. The van der Waals surface area contributed by atoms with Gasteiger partial charge in [0.25, 0.3) is 5.91 Å². The Morgan fingerprint density at radius 2 is 1.95 bits per heavy atom. The summed E-state index contributed by atoms with van der Waals surface area (Å²) >= 11 is 0. The first-order valence-electron chi connectivity index (χ1n) is 6.94. The number of hydrogen-bond acceptors (Lipinski definition) is 2. The van der Waals surface area contributed by atoms with Crippen molar-refractivity contribution in [1.82, 2.24) is 4.90 Å². The molecule has 1 heterocycles. The van der Waals surface area contributed by atoms with Gasteiger partial charge in [-0.15, -0.1) is 0 Å². The zero-order valence-corrected chi connectivity index (χ0v) is 13.1. The van der Waals surface area contributed by atoms with Crippen molar-refractivity contribution >= 4 is 5.91 Å². The standard InChI is InChI=1S/C10H11NO.C4H10O.C2H6/c1-7-3-4-9-8(5-7)6-11(2)10(9)12;1-3-4-5-2;1-2/h3-5H,6H2,1-2H3;3-4H2,1-2H3;1-2H3. The average molecular weight is 265 g/mol. The Morgan fingerprint density at radius 3 is 2.42 bits per heavy atom. The molecule has 0 radical (unpaired) electrons. The van der Waals surface area contributed by atoms with Crippen molar-refractivity contribution < 1.29 is 9.53 Å². The summed E-state index contributed by atoms with van der Waals surface area (Å²) in [6.45, 7) is 9.78. The Kier molecular flexibility index (Phi) is 8.88. The molecule has 0 fully saturated rings. The van der Waals surface area contributed by atoms with Gasteiger partial charge in [-0.05, 0) is 25.0 Å². The first-order valence-corrected chi connectivity index (χ1v) is 6.94. The first kappa shape index (κ1) is 17.6. The van der Waals surface area contributed by atoms with Gasteiger partial charge < -0.3 is 9.64 Å². The largest absolute Gasteiger partial charge is 0.385 e. The molecule has 0 unspecified atom stereocenters. The Balaban J connectivity index is 0.000000396. The number of aryl methyl sites for hydroxylation is 1. The summed E-state index contributed by atoms with van der Waals surface area (Å²) in [7, 11) is 3.54. The van der Waals surface area contributed by atoms with Crippen molar-refractivity contribution in [3.05, 3.63) is 34.9 Å². The van der Waals surface area contributed by atoms with Crippen LogP contribution >= 0.6 is 0 Å². The lowest BCUT2D eigenvalue weighted by molar-refractivity contribution is 0.0816. The van der Waals surface area contributed by atoms with Crippen molar-refractivity contribution in [2.24, 2.45) is 0 Å². The van der Waals surface area contributed by atoms with Gasteiger partial charge in [-0.1, -0.05) is 38.5 Å². The number of carbonyl (C=O) groups excluding carboxylic acids is 1. The number of methoxy groups -OCH3 is 1. The summed E-state index contributed by atoms with van der Waals surface area (Å²) in [6, 6.07) is 5.98. The molecule has 1 aromatic rings. The predicted octanol–water partition coefficient (Wildman–Crippen LogP) is 3.65. The topological polar surface area (TPSA) is 29.5 Å². The van der Waals surface area contributed by atoms with E-state index in [-0.39, 0.29) is 5.91 Å². The molecule has 3 heteroatoms. The Morgan fingerprint density at radius 1 is 1.32 bits per heavy atom. The van der Waals surface area contributed by atoms with Crippen LogP contribution in [0, 0.1) is 6.92 Å². The minimum atomic E-state index is 0.144. The zero-order chi connectivity index (χ0) is 14.8. The molecule has 19 heavy (non-hydrogen) atoms. The third kappa shape index (κ3) is 5.43. The Hall–Kier alpha value is -1.35. The molecule has 1 aliphatic rings. The van der Waals surface area contributed by atoms with E-state index >= 15 is 0 Å². The van der Waals surface area contributed by atoms with Crippen molar-refractivity contribution in [2.75, 3.05) is 20.8 Å². The van der Waals surface area contributed by atoms with E-state index in [1.807, 2.05) is 40.0 Å². The molecule has 1 amide bonds. The van der Waals surface area contributed by atoms with Crippen LogP contribution in [0.25, 0.3) is 0 Å². The first-order chi connectivity index (χ1) is 9.10. The molecule has 0 bridgehead atoms. The lowest BCUT2D eigenvalue weighted by atomic mass is 10.1. The quantitative estimate of drug-likeness (QED) is 0.817. The SMILES string of the molecule is CC.CCCOC.Cc1ccc2c(c1)CN(C)C2=O. The van der Waals surface area contributed by atoms with Gasteiger partial charge in [-0.3, -0.25) is 4.79 Å². The molecule has 0 atom stereocenters. The summed E-state index contributed by atoms with van der Waals surface area (Å²) in [5, 5.41) is 0. The number of nitrogens with zero attached hydrogens (tertiary/aromatic N) is 1. The predicted molar refractivity (Wildman–Crippen MR) is 80.5 cm³/mol. The van der Waals surface area contributed by atoms with Crippen molar-refractivity contribution in [2.45, 2.75) is 40.7 Å². The second-order valence-electron chi connectivity index (χ2n) is 4.31. The third-order valence-corrected chi connectivity index (χ3v) is 2.65. The van der Waals surface area contributed by atoms with Crippen LogP contribution in [-0.2, 0) is 11.3 Å². The second-order valence-corrected chi connectivity index (χ2v) is 4.31. The number of carbonyl (C=O) groups is 1. The van der Waals surface area contributed by atoms with Gasteiger partial charge >= 0.3 is 0 Å². The molecule has 108 valence electrons. The van der Waals surface area contributed by atoms with Gasteiger partial charge in [-0.25, -0.2) is 0 Å². The number of rotatable bonds is 2. The summed E-state index contributed by atoms with van der Waals surface area (Å²) in [5.41, 5.74) is 3.24. The van der Waals surface area contributed by atoms with Crippen LogP contribution in [0.2, 0.25) is 0 Å². The van der Waals surface area contributed by atoms with E-state index in [0.29, 0.717) is 0 Å². The highest BCUT2D eigenvalue weighted by molar-refractivity contribution is 5.98. The highest BCUT2D eigenvalue weighted by atomic mass is 16.5. The normalized spacial score (nSPS) is 12.1. The number of fused-ring (bicyclic) bond motifs is 1. The molecule has 1 aliphatic heterocycles. The molecule has 0 aromatic heterocycles. The van der Waals surface area contributed by atoms with Crippen LogP contribution < -0.4 is 0 Å². The average Bonchev–Trinajstić information content (AvgIpc) is 2.68. The van der Waals surface area contributed by atoms with Crippen LogP contribution in [-0.4, -0.2) is 31.6 Å². The van der Waals surface area contributed by atoms with E-state index in [1.165, 1.54) is 5.56 Å². The molecule has 0 aliphatic carbocycles. The molecule has 0 spiro atoms. The van der Waals surface area contributed by atoms with E-state index in [2.05, 4.69) is 13.0 Å². The summed E-state index contributed by atoms with van der Waals surface area (Å²) < 4.78 is 4.69. The number of hydrogen-bond donors (Lipinski definition) is 0. The Bertz CT molecular complexity index is 386. The van der Waals surface area contributed by atoms with Crippen LogP contribution in [0.15, 0.2) is 18.2 Å². The molecule has 0 saturated carbocycles. The van der Waals surface area contributed by atoms with Crippen molar-refractivity contribution in [3.8, 4) is 0 Å². The van der Waals surface area contributed by atoms with Crippen LogP contribution in [0.5, 0.6) is 0 Å². The maximum atomic E-state index is 11.4. The maximum Gasteiger partial charge on any atom is 0.254 e. The van der Waals surface area contributed by atoms with Gasteiger partial charge in [0.05, 0.1) is 0 Å². The van der Waals surface area contributed by atoms with E-state index < -0.39 is 0 Å². The Labute approximate surface area is 117 Å². The van der Waals surface area contributed by atoms with Gasteiger partial charge in [0.1, 0.15) is 0 Å². The van der Waals surface area contributed by atoms with Gasteiger partial charge in [-0.2, -0.15) is 0 Å². The number of benzene rings is 1. The lowest BCUT2D eigenvalue weighted by Crippen LogP contribution is -2.17. The summed E-state index contributed by atoms with van der Waals surface area (Å²) in [4.78, 5) is 13.2. The van der Waals surface area contributed by atoms with Gasteiger partial charge in [0, 0.05) is 32.9 Å². The zero-order valence-electron chi connectivity index (χ0n) is 13.1. The molecule has 1 aromatic carbocycles. The second kappa shape index (κ2) is 9.56. The smallest absolute Gasteiger partial charge is 0.254 e. The van der Waals surface area contributed by atoms with Crippen molar-refractivity contribution in [1.29, 1.82) is 0 Å². The molecule has 3 nitrogen and oxygen atoms in total. The summed E-state index contributed by atoms with van der Waals surface area (Å²) in [6.07, 6.45) is 1.12. The third-order valence-electron chi connectivity index (χ3n) is 2.65. The van der Waals surface area contributed by atoms with E-state index in [9.17, 15) is 4.79 Å². The van der Waals surface area contributed by atoms with E-state index in [4.69, 9.17) is 4.74 Å².